The molecule has 0 heterocycles. The molecule has 2 aromatic rings. The largest absolute Gasteiger partial charge is 0.387 e. The van der Waals surface area contributed by atoms with Crippen molar-refractivity contribution in [2.75, 3.05) is 11.9 Å². The third kappa shape index (κ3) is 3.93. The van der Waals surface area contributed by atoms with E-state index in [9.17, 15) is 9.50 Å². The normalized spacial score (nSPS) is 12.2. The SMILES string of the molecule is OC(CNc1cc(Cl)ccc1F)c1cccc(Br)c1. The van der Waals surface area contributed by atoms with Gasteiger partial charge in [0.25, 0.3) is 0 Å². The van der Waals surface area contributed by atoms with Gasteiger partial charge in [-0.1, -0.05) is 39.7 Å². The molecule has 0 aliphatic carbocycles. The van der Waals surface area contributed by atoms with E-state index in [-0.39, 0.29) is 12.2 Å². The number of aliphatic hydroxyl groups excluding tert-OH is 1. The Labute approximate surface area is 124 Å². The predicted octanol–water partition coefficient (Wildman–Crippen LogP) is 4.39. The highest BCUT2D eigenvalue weighted by atomic mass is 79.9. The van der Waals surface area contributed by atoms with Gasteiger partial charge >= 0.3 is 0 Å². The zero-order valence-electron chi connectivity index (χ0n) is 9.91. The highest BCUT2D eigenvalue weighted by Gasteiger charge is 2.09. The molecule has 2 nitrogen and oxygen atoms in total. The van der Waals surface area contributed by atoms with Crippen molar-refractivity contribution in [3.8, 4) is 0 Å². The fourth-order valence-corrected chi connectivity index (χ4v) is 2.26. The Kier molecular flexibility index (Phi) is 4.80. The highest BCUT2D eigenvalue weighted by Crippen LogP contribution is 2.22. The van der Waals surface area contributed by atoms with Gasteiger partial charge in [-0.3, -0.25) is 0 Å². The first-order valence-corrected chi connectivity index (χ1v) is 6.86. The van der Waals surface area contributed by atoms with Gasteiger partial charge in [-0.05, 0) is 35.9 Å². The van der Waals surface area contributed by atoms with Crippen molar-refractivity contribution in [1.82, 2.24) is 0 Å². The molecule has 2 rings (SSSR count). The Morgan fingerprint density at radius 2 is 2.05 bits per heavy atom. The first-order valence-electron chi connectivity index (χ1n) is 5.69. The third-order valence-electron chi connectivity index (χ3n) is 2.65. The molecular formula is C14H12BrClFNO. The van der Waals surface area contributed by atoms with Crippen LogP contribution in [0.15, 0.2) is 46.9 Å². The molecular weight excluding hydrogens is 333 g/mol. The van der Waals surface area contributed by atoms with Crippen LogP contribution in [0.5, 0.6) is 0 Å². The van der Waals surface area contributed by atoms with Gasteiger partial charge in [0, 0.05) is 16.0 Å². The van der Waals surface area contributed by atoms with E-state index in [4.69, 9.17) is 11.6 Å². The number of anilines is 1. The fourth-order valence-electron chi connectivity index (χ4n) is 1.67. The number of aliphatic hydroxyl groups is 1. The van der Waals surface area contributed by atoms with E-state index < -0.39 is 11.9 Å². The van der Waals surface area contributed by atoms with Crippen LogP contribution >= 0.6 is 27.5 Å². The number of halogens is 3. The lowest BCUT2D eigenvalue weighted by atomic mass is 10.1. The van der Waals surface area contributed by atoms with Gasteiger partial charge in [0.1, 0.15) is 5.82 Å². The maximum Gasteiger partial charge on any atom is 0.146 e. The Hall–Kier alpha value is -1.10. The molecule has 0 bridgehead atoms. The summed E-state index contributed by atoms with van der Waals surface area (Å²) in [7, 11) is 0. The molecule has 2 N–H and O–H groups in total. The molecule has 0 aliphatic heterocycles. The average Bonchev–Trinajstić information content (AvgIpc) is 2.39. The molecule has 5 heteroatoms. The summed E-state index contributed by atoms with van der Waals surface area (Å²) in [6, 6.07) is 11.6. The minimum Gasteiger partial charge on any atom is -0.387 e. The Bertz CT molecular complexity index is 579. The maximum absolute atomic E-state index is 13.5. The van der Waals surface area contributed by atoms with Crippen LogP contribution in [0, 0.1) is 5.82 Å². The molecule has 0 radical (unpaired) electrons. The lowest BCUT2D eigenvalue weighted by molar-refractivity contribution is 0.191. The lowest BCUT2D eigenvalue weighted by Crippen LogP contribution is -2.13. The first-order chi connectivity index (χ1) is 9.06. The molecule has 0 fully saturated rings. The standard InChI is InChI=1S/C14H12BrClFNO/c15-10-3-1-2-9(6-10)14(19)8-18-13-7-11(16)4-5-12(13)17/h1-7,14,18-19H,8H2. The van der Waals surface area contributed by atoms with E-state index in [0.717, 1.165) is 10.0 Å². The Balaban J connectivity index is 2.04. The lowest BCUT2D eigenvalue weighted by Gasteiger charge is -2.14. The van der Waals surface area contributed by atoms with Gasteiger partial charge in [0.15, 0.2) is 0 Å². The number of benzene rings is 2. The summed E-state index contributed by atoms with van der Waals surface area (Å²) in [4.78, 5) is 0. The van der Waals surface area contributed by atoms with E-state index >= 15 is 0 Å². The van der Waals surface area contributed by atoms with Gasteiger partial charge in [0.05, 0.1) is 11.8 Å². The van der Waals surface area contributed by atoms with Crippen molar-refractivity contribution in [1.29, 1.82) is 0 Å². The number of rotatable bonds is 4. The second-order valence-corrected chi connectivity index (χ2v) is 5.43. The Morgan fingerprint density at radius 1 is 1.26 bits per heavy atom. The van der Waals surface area contributed by atoms with E-state index in [1.165, 1.54) is 18.2 Å². The molecule has 100 valence electrons. The Morgan fingerprint density at radius 3 is 2.79 bits per heavy atom. The number of hydrogen-bond donors (Lipinski definition) is 2. The van der Waals surface area contributed by atoms with E-state index in [0.29, 0.717) is 5.02 Å². The first kappa shape index (κ1) is 14.3. The van der Waals surface area contributed by atoms with Gasteiger partial charge in [-0.25, -0.2) is 4.39 Å². The van der Waals surface area contributed by atoms with Crippen LogP contribution in [0.25, 0.3) is 0 Å². The summed E-state index contributed by atoms with van der Waals surface area (Å²) in [6.07, 6.45) is -0.726. The predicted molar refractivity (Wildman–Crippen MR) is 79.0 cm³/mol. The van der Waals surface area contributed by atoms with Gasteiger partial charge in [0.2, 0.25) is 0 Å². The summed E-state index contributed by atoms with van der Waals surface area (Å²) in [5, 5.41) is 13.3. The van der Waals surface area contributed by atoms with Crippen LogP contribution in [-0.2, 0) is 0 Å². The van der Waals surface area contributed by atoms with E-state index in [1.807, 2.05) is 24.3 Å². The molecule has 2 aromatic carbocycles. The smallest absolute Gasteiger partial charge is 0.146 e. The second-order valence-electron chi connectivity index (χ2n) is 4.08. The van der Waals surface area contributed by atoms with Crippen LogP contribution in [0.3, 0.4) is 0 Å². The summed E-state index contributed by atoms with van der Waals surface area (Å²) >= 11 is 9.13. The minimum absolute atomic E-state index is 0.202. The van der Waals surface area contributed by atoms with Crippen molar-refractivity contribution in [2.45, 2.75) is 6.10 Å². The van der Waals surface area contributed by atoms with Crippen LogP contribution in [-0.4, -0.2) is 11.7 Å². The van der Waals surface area contributed by atoms with Crippen molar-refractivity contribution in [2.24, 2.45) is 0 Å². The zero-order chi connectivity index (χ0) is 13.8. The van der Waals surface area contributed by atoms with Crippen molar-refractivity contribution >= 4 is 33.2 Å². The highest BCUT2D eigenvalue weighted by molar-refractivity contribution is 9.10. The van der Waals surface area contributed by atoms with E-state index in [1.54, 1.807) is 0 Å². The maximum atomic E-state index is 13.5. The minimum atomic E-state index is -0.726. The molecule has 0 aliphatic rings. The molecule has 1 atom stereocenters. The van der Waals surface area contributed by atoms with Crippen LogP contribution < -0.4 is 5.32 Å². The monoisotopic (exact) mass is 343 g/mol. The average molecular weight is 345 g/mol. The molecule has 0 saturated heterocycles. The molecule has 0 aromatic heterocycles. The molecule has 0 amide bonds. The second kappa shape index (κ2) is 6.37. The van der Waals surface area contributed by atoms with Crippen molar-refractivity contribution in [3.63, 3.8) is 0 Å². The van der Waals surface area contributed by atoms with Gasteiger partial charge < -0.3 is 10.4 Å². The number of hydrogen-bond acceptors (Lipinski definition) is 2. The molecule has 19 heavy (non-hydrogen) atoms. The number of nitrogens with one attached hydrogen (secondary N) is 1. The van der Waals surface area contributed by atoms with Crippen molar-refractivity contribution in [3.05, 3.63) is 63.3 Å². The van der Waals surface area contributed by atoms with E-state index in [2.05, 4.69) is 21.2 Å². The van der Waals surface area contributed by atoms with Crippen LogP contribution in [0.4, 0.5) is 10.1 Å². The van der Waals surface area contributed by atoms with Gasteiger partial charge in [-0.2, -0.15) is 0 Å². The quantitative estimate of drug-likeness (QED) is 0.862. The summed E-state index contributed by atoms with van der Waals surface area (Å²) < 4.78 is 14.4. The molecule has 0 saturated carbocycles. The third-order valence-corrected chi connectivity index (χ3v) is 3.38. The van der Waals surface area contributed by atoms with Crippen molar-refractivity contribution < 1.29 is 9.50 Å². The molecule has 0 spiro atoms. The van der Waals surface area contributed by atoms with Gasteiger partial charge in [-0.15, -0.1) is 0 Å². The topological polar surface area (TPSA) is 32.3 Å². The summed E-state index contributed by atoms with van der Waals surface area (Å²) in [5.41, 5.74) is 1.03. The summed E-state index contributed by atoms with van der Waals surface area (Å²) in [5.74, 6) is -0.397. The zero-order valence-corrected chi connectivity index (χ0v) is 12.2. The van der Waals surface area contributed by atoms with Crippen LogP contribution in [0.1, 0.15) is 11.7 Å². The van der Waals surface area contributed by atoms with Crippen LogP contribution in [0.2, 0.25) is 5.02 Å². The fraction of sp³-hybridized carbons (Fsp3) is 0.143. The molecule has 1 unspecified atom stereocenters. The summed E-state index contributed by atoms with van der Waals surface area (Å²) in [6.45, 7) is 0.202.